The molecule has 0 aromatic heterocycles. The first-order chi connectivity index (χ1) is 9.60. The van der Waals surface area contributed by atoms with Gasteiger partial charge in [-0.05, 0) is 42.7 Å². The molecule has 2 aromatic rings. The number of ether oxygens (including phenoxy) is 1. The van der Waals surface area contributed by atoms with E-state index in [1.54, 1.807) is 12.1 Å². The molecular weight excluding hydrogens is 293 g/mol. The Morgan fingerprint density at radius 2 is 1.65 bits per heavy atom. The number of unbranched alkanes of at least 4 members (excludes halogenated alkanes) is 1. The smallest absolute Gasteiger partial charge is 0.164 e. The van der Waals surface area contributed by atoms with Crippen molar-refractivity contribution in [2.75, 3.05) is 5.73 Å². The van der Waals surface area contributed by atoms with Crippen LogP contribution < -0.4 is 10.5 Å². The lowest BCUT2D eigenvalue weighted by Crippen LogP contribution is -1.91. The van der Waals surface area contributed by atoms with Crippen LogP contribution in [0.15, 0.2) is 36.4 Å². The first kappa shape index (κ1) is 15.0. The molecule has 4 heteroatoms. The zero-order valence-corrected chi connectivity index (χ0v) is 12.8. The molecule has 106 valence electrons. The molecule has 0 atom stereocenters. The van der Waals surface area contributed by atoms with Gasteiger partial charge < -0.3 is 10.5 Å². The Hall–Kier alpha value is -1.38. The van der Waals surface area contributed by atoms with E-state index in [1.807, 2.05) is 12.1 Å². The summed E-state index contributed by atoms with van der Waals surface area (Å²) in [6.45, 7) is 2.18. The summed E-state index contributed by atoms with van der Waals surface area (Å²) >= 11 is 12.2. The number of nitrogens with two attached hydrogens (primary N) is 1. The Bertz CT molecular complexity index is 559. The topological polar surface area (TPSA) is 35.2 Å². The number of hydrogen-bond acceptors (Lipinski definition) is 2. The second-order valence-corrected chi connectivity index (χ2v) is 5.48. The predicted octanol–water partition coefficient (Wildman–Crippen LogP) is 5.71. The van der Waals surface area contributed by atoms with Crippen LogP contribution >= 0.6 is 23.2 Å². The van der Waals surface area contributed by atoms with Gasteiger partial charge in [-0.2, -0.15) is 0 Å². The molecule has 0 saturated carbocycles. The van der Waals surface area contributed by atoms with Crippen LogP contribution in [0.3, 0.4) is 0 Å². The SMILES string of the molecule is CCCCc1ccc(Oc2c(Cl)cc(N)cc2Cl)cc1. The average Bonchev–Trinajstić information content (AvgIpc) is 2.42. The molecule has 2 rings (SSSR count). The summed E-state index contributed by atoms with van der Waals surface area (Å²) in [7, 11) is 0. The molecular formula is C16H17Cl2NO. The monoisotopic (exact) mass is 309 g/mol. The number of hydrogen-bond donors (Lipinski definition) is 1. The van der Waals surface area contributed by atoms with E-state index in [9.17, 15) is 0 Å². The third-order valence-electron chi connectivity index (χ3n) is 2.98. The number of benzene rings is 2. The van der Waals surface area contributed by atoms with Gasteiger partial charge in [0.05, 0.1) is 10.0 Å². The van der Waals surface area contributed by atoms with Gasteiger partial charge in [-0.1, -0.05) is 48.7 Å². The van der Waals surface area contributed by atoms with Crippen LogP contribution in [0.4, 0.5) is 5.69 Å². The molecule has 0 heterocycles. The molecule has 0 amide bonds. The average molecular weight is 310 g/mol. The van der Waals surface area contributed by atoms with Crippen LogP contribution in [0.5, 0.6) is 11.5 Å². The number of nitrogen functional groups attached to an aromatic ring is 1. The lowest BCUT2D eigenvalue weighted by atomic mass is 10.1. The number of anilines is 1. The number of rotatable bonds is 5. The molecule has 20 heavy (non-hydrogen) atoms. The fourth-order valence-electron chi connectivity index (χ4n) is 1.90. The van der Waals surface area contributed by atoms with Gasteiger partial charge >= 0.3 is 0 Å². The first-order valence-corrected chi connectivity index (χ1v) is 7.37. The summed E-state index contributed by atoms with van der Waals surface area (Å²) in [5, 5.41) is 0.815. The maximum atomic E-state index is 6.10. The molecule has 0 aliphatic heterocycles. The van der Waals surface area contributed by atoms with E-state index in [4.69, 9.17) is 33.7 Å². The fraction of sp³-hybridized carbons (Fsp3) is 0.250. The largest absolute Gasteiger partial charge is 0.454 e. The Morgan fingerprint density at radius 1 is 1.05 bits per heavy atom. The Kier molecular flexibility index (Phi) is 5.16. The molecule has 2 nitrogen and oxygen atoms in total. The Balaban J connectivity index is 2.14. The Morgan fingerprint density at radius 3 is 2.20 bits per heavy atom. The van der Waals surface area contributed by atoms with Crippen molar-refractivity contribution in [2.45, 2.75) is 26.2 Å². The summed E-state index contributed by atoms with van der Waals surface area (Å²) in [6, 6.07) is 11.2. The van der Waals surface area contributed by atoms with Gasteiger partial charge in [-0.3, -0.25) is 0 Å². The van der Waals surface area contributed by atoms with E-state index in [1.165, 1.54) is 18.4 Å². The van der Waals surface area contributed by atoms with Gasteiger partial charge in [0.2, 0.25) is 0 Å². The van der Waals surface area contributed by atoms with Crippen molar-refractivity contribution in [2.24, 2.45) is 0 Å². The van der Waals surface area contributed by atoms with Crippen molar-refractivity contribution in [1.82, 2.24) is 0 Å². The molecule has 2 N–H and O–H groups in total. The van der Waals surface area contributed by atoms with Crippen LogP contribution in [0, 0.1) is 0 Å². The summed E-state index contributed by atoms with van der Waals surface area (Å²) in [5.41, 5.74) is 7.48. The molecule has 0 radical (unpaired) electrons. The van der Waals surface area contributed by atoms with E-state index >= 15 is 0 Å². The molecule has 0 unspecified atom stereocenters. The van der Waals surface area contributed by atoms with Crippen LogP contribution in [0.2, 0.25) is 10.0 Å². The van der Waals surface area contributed by atoms with Gasteiger partial charge in [0.1, 0.15) is 5.75 Å². The predicted molar refractivity (Wildman–Crippen MR) is 86.0 cm³/mol. The van der Waals surface area contributed by atoms with Gasteiger partial charge in [0.25, 0.3) is 0 Å². The lowest BCUT2D eigenvalue weighted by molar-refractivity contribution is 0.483. The van der Waals surface area contributed by atoms with Crippen molar-refractivity contribution < 1.29 is 4.74 Å². The minimum atomic E-state index is 0.407. The zero-order chi connectivity index (χ0) is 14.5. The lowest BCUT2D eigenvalue weighted by Gasteiger charge is -2.11. The fourth-order valence-corrected chi connectivity index (χ4v) is 2.48. The summed E-state index contributed by atoms with van der Waals surface area (Å²) in [4.78, 5) is 0. The van der Waals surface area contributed by atoms with Crippen LogP contribution in [-0.4, -0.2) is 0 Å². The molecule has 0 bridgehead atoms. The molecule has 0 fully saturated rings. The first-order valence-electron chi connectivity index (χ1n) is 6.61. The van der Waals surface area contributed by atoms with Gasteiger partial charge in [-0.15, -0.1) is 0 Å². The minimum Gasteiger partial charge on any atom is -0.454 e. The van der Waals surface area contributed by atoms with Crippen molar-refractivity contribution >= 4 is 28.9 Å². The van der Waals surface area contributed by atoms with E-state index in [2.05, 4.69) is 19.1 Å². The summed E-state index contributed by atoms with van der Waals surface area (Å²) in [5.74, 6) is 1.14. The highest BCUT2D eigenvalue weighted by Gasteiger charge is 2.10. The Labute approximate surface area is 129 Å². The van der Waals surface area contributed by atoms with Crippen LogP contribution in [-0.2, 0) is 6.42 Å². The number of aryl methyl sites for hydroxylation is 1. The molecule has 0 aliphatic carbocycles. The normalized spacial score (nSPS) is 10.6. The second kappa shape index (κ2) is 6.87. The van der Waals surface area contributed by atoms with Crippen molar-refractivity contribution in [3.05, 3.63) is 52.0 Å². The highest BCUT2D eigenvalue weighted by atomic mass is 35.5. The van der Waals surface area contributed by atoms with Gasteiger partial charge in [0, 0.05) is 5.69 Å². The number of halogens is 2. The van der Waals surface area contributed by atoms with E-state index in [-0.39, 0.29) is 0 Å². The second-order valence-electron chi connectivity index (χ2n) is 4.66. The molecule has 0 spiro atoms. The van der Waals surface area contributed by atoms with E-state index in [0.29, 0.717) is 27.2 Å². The molecule has 0 aliphatic rings. The third-order valence-corrected chi connectivity index (χ3v) is 3.54. The maximum Gasteiger partial charge on any atom is 0.164 e. The van der Waals surface area contributed by atoms with Crippen molar-refractivity contribution in [3.8, 4) is 11.5 Å². The highest BCUT2D eigenvalue weighted by Crippen LogP contribution is 2.38. The van der Waals surface area contributed by atoms with Gasteiger partial charge in [-0.25, -0.2) is 0 Å². The van der Waals surface area contributed by atoms with E-state index in [0.717, 1.165) is 6.42 Å². The quantitative estimate of drug-likeness (QED) is 0.718. The van der Waals surface area contributed by atoms with Crippen LogP contribution in [0.1, 0.15) is 25.3 Å². The van der Waals surface area contributed by atoms with Crippen molar-refractivity contribution in [3.63, 3.8) is 0 Å². The highest BCUT2D eigenvalue weighted by molar-refractivity contribution is 6.37. The van der Waals surface area contributed by atoms with Crippen LogP contribution in [0.25, 0.3) is 0 Å². The summed E-state index contributed by atoms with van der Waals surface area (Å²) < 4.78 is 5.73. The molecule has 2 aromatic carbocycles. The standard InChI is InChI=1S/C16H17Cl2NO/c1-2-3-4-11-5-7-13(8-6-11)20-16-14(17)9-12(19)10-15(16)18/h5-10H,2-4,19H2,1H3. The molecule has 0 saturated heterocycles. The van der Waals surface area contributed by atoms with Crippen molar-refractivity contribution in [1.29, 1.82) is 0 Å². The zero-order valence-electron chi connectivity index (χ0n) is 11.3. The maximum absolute atomic E-state index is 6.10. The summed E-state index contributed by atoms with van der Waals surface area (Å²) in [6.07, 6.45) is 3.46. The third kappa shape index (κ3) is 3.81. The van der Waals surface area contributed by atoms with E-state index < -0.39 is 0 Å². The van der Waals surface area contributed by atoms with Gasteiger partial charge in [0.15, 0.2) is 5.75 Å². The minimum absolute atomic E-state index is 0.407.